The normalized spacial score (nSPS) is 22.2. The minimum Gasteiger partial charge on any atom is -0.378 e. The van der Waals surface area contributed by atoms with Gasteiger partial charge in [-0.1, -0.05) is 19.8 Å². The van der Waals surface area contributed by atoms with Gasteiger partial charge in [0.1, 0.15) is 5.78 Å². The van der Waals surface area contributed by atoms with E-state index < -0.39 is 0 Å². The fourth-order valence-corrected chi connectivity index (χ4v) is 2.15. The monoisotopic (exact) mass is 227 g/mol. The summed E-state index contributed by atoms with van der Waals surface area (Å²) < 4.78 is 5.52. The molecular weight excluding hydrogens is 202 g/mol. The molecule has 1 saturated heterocycles. The van der Waals surface area contributed by atoms with Crippen LogP contribution in [0.3, 0.4) is 0 Å². The zero-order chi connectivity index (χ0) is 11.8. The van der Waals surface area contributed by atoms with E-state index in [2.05, 4.69) is 6.92 Å². The molecule has 0 saturated carbocycles. The van der Waals surface area contributed by atoms with Gasteiger partial charge in [0.15, 0.2) is 0 Å². The molecule has 2 atom stereocenters. The molecule has 0 spiro atoms. The molecule has 0 aliphatic carbocycles. The molecule has 1 aliphatic rings. The quantitative estimate of drug-likeness (QED) is 0.693. The summed E-state index contributed by atoms with van der Waals surface area (Å²) in [5.74, 6) is 0.228. The van der Waals surface area contributed by atoms with Crippen molar-refractivity contribution < 1.29 is 9.53 Å². The summed E-state index contributed by atoms with van der Waals surface area (Å²) >= 11 is 0. The fraction of sp³-hybridized carbons (Fsp3) is 0.923. The second-order valence-electron chi connectivity index (χ2n) is 4.74. The lowest BCUT2D eigenvalue weighted by Gasteiger charge is -2.11. The van der Waals surface area contributed by atoms with Gasteiger partial charge in [-0.3, -0.25) is 4.79 Å². The maximum atomic E-state index is 11.7. The maximum absolute atomic E-state index is 11.7. The number of unbranched alkanes of at least 4 members (excludes halogenated alkanes) is 1. The van der Waals surface area contributed by atoms with Gasteiger partial charge in [-0.2, -0.15) is 0 Å². The molecule has 1 fully saturated rings. The average molecular weight is 227 g/mol. The molecule has 0 aromatic carbocycles. The highest BCUT2D eigenvalue weighted by Crippen LogP contribution is 2.18. The van der Waals surface area contributed by atoms with Crippen molar-refractivity contribution in [3.05, 3.63) is 0 Å². The molecule has 1 heterocycles. The third kappa shape index (κ3) is 5.08. The molecular formula is C13H25NO2. The van der Waals surface area contributed by atoms with Gasteiger partial charge in [0.05, 0.1) is 12.1 Å². The van der Waals surface area contributed by atoms with Crippen molar-refractivity contribution in [1.82, 2.24) is 0 Å². The summed E-state index contributed by atoms with van der Waals surface area (Å²) in [4.78, 5) is 11.7. The van der Waals surface area contributed by atoms with Gasteiger partial charge in [0.2, 0.25) is 0 Å². The number of carbonyl (C=O) groups is 1. The van der Waals surface area contributed by atoms with E-state index in [0.717, 1.165) is 45.1 Å². The number of ether oxygens (including phenoxy) is 1. The number of rotatable bonds is 8. The van der Waals surface area contributed by atoms with Gasteiger partial charge >= 0.3 is 0 Å². The molecule has 16 heavy (non-hydrogen) atoms. The topological polar surface area (TPSA) is 52.3 Å². The van der Waals surface area contributed by atoms with E-state index >= 15 is 0 Å². The Kier molecular flexibility index (Phi) is 6.65. The minimum atomic E-state index is -0.232. The summed E-state index contributed by atoms with van der Waals surface area (Å²) in [6.07, 6.45) is 8.33. The molecule has 0 aromatic heterocycles. The summed E-state index contributed by atoms with van der Waals surface area (Å²) in [6, 6.07) is -0.232. The summed E-state index contributed by atoms with van der Waals surface area (Å²) in [7, 11) is 0. The van der Waals surface area contributed by atoms with E-state index in [0.29, 0.717) is 12.5 Å². The maximum Gasteiger partial charge on any atom is 0.149 e. The van der Waals surface area contributed by atoms with Crippen molar-refractivity contribution in [2.45, 2.75) is 70.4 Å². The molecule has 0 radical (unpaired) electrons. The lowest BCUT2D eigenvalue weighted by atomic mass is 10.0. The molecule has 2 N–H and O–H groups in total. The minimum absolute atomic E-state index is 0.228. The van der Waals surface area contributed by atoms with E-state index in [1.165, 1.54) is 6.42 Å². The first-order chi connectivity index (χ1) is 7.74. The van der Waals surface area contributed by atoms with Crippen LogP contribution in [0.4, 0.5) is 0 Å². The van der Waals surface area contributed by atoms with Gasteiger partial charge < -0.3 is 10.5 Å². The Morgan fingerprint density at radius 2 is 2.31 bits per heavy atom. The highest BCUT2D eigenvalue weighted by atomic mass is 16.5. The van der Waals surface area contributed by atoms with E-state index in [1.54, 1.807) is 0 Å². The zero-order valence-electron chi connectivity index (χ0n) is 10.4. The zero-order valence-corrected chi connectivity index (χ0v) is 10.4. The van der Waals surface area contributed by atoms with E-state index in [-0.39, 0.29) is 11.8 Å². The van der Waals surface area contributed by atoms with Gasteiger partial charge in [0, 0.05) is 13.0 Å². The van der Waals surface area contributed by atoms with Crippen molar-refractivity contribution in [2.75, 3.05) is 6.61 Å². The SMILES string of the molecule is CCCCC(N)C(=O)CCCC1CCCO1. The van der Waals surface area contributed by atoms with Crippen molar-refractivity contribution in [3.8, 4) is 0 Å². The number of ketones is 1. The summed E-state index contributed by atoms with van der Waals surface area (Å²) in [5.41, 5.74) is 5.82. The number of carbonyl (C=O) groups excluding carboxylic acids is 1. The third-order valence-corrected chi connectivity index (χ3v) is 3.26. The largest absolute Gasteiger partial charge is 0.378 e. The molecule has 1 rings (SSSR count). The van der Waals surface area contributed by atoms with Crippen LogP contribution in [-0.4, -0.2) is 24.5 Å². The first-order valence-electron chi connectivity index (χ1n) is 6.64. The van der Waals surface area contributed by atoms with Crippen molar-refractivity contribution in [3.63, 3.8) is 0 Å². The third-order valence-electron chi connectivity index (χ3n) is 3.26. The Balaban J connectivity index is 2.04. The number of hydrogen-bond donors (Lipinski definition) is 1. The number of Topliss-reactive ketones (excluding diaryl/α,β-unsaturated/α-hetero) is 1. The molecule has 3 nitrogen and oxygen atoms in total. The molecule has 94 valence electrons. The molecule has 1 aliphatic heterocycles. The number of hydrogen-bond acceptors (Lipinski definition) is 3. The van der Waals surface area contributed by atoms with Crippen LogP contribution in [0.2, 0.25) is 0 Å². The highest BCUT2D eigenvalue weighted by Gasteiger charge is 2.17. The van der Waals surface area contributed by atoms with E-state index in [4.69, 9.17) is 10.5 Å². The Hall–Kier alpha value is -0.410. The van der Waals surface area contributed by atoms with Gasteiger partial charge in [0.25, 0.3) is 0 Å². The Labute approximate surface area is 98.7 Å². The van der Waals surface area contributed by atoms with Gasteiger partial charge in [-0.15, -0.1) is 0 Å². The average Bonchev–Trinajstić information content (AvgIpc) is 2.78. The van der Waals surface area contributed by atoms with Crippen molar-refractivity contribution in [1.29, 1.82) is 0 Å². The van der Waals surface area contributed by atoms with Crippen molar-refractivity contribution in [2.24, 2.45) is 5.73 Å². The van der Waals surface area contributed by atoms with Gasteiger partial charge in [-0.05, 0) is 32.1 Å². The number of nitrogens with two attached hydrogens (primary N) is 1. The molecule has 2 unspecified atom stereocenters. The first kappa shape index (κ1) is 13.7. The van der Waals surface area contributed by atoms with Crippen LogP contribution >= 0.6 is 0 Å². The Bertz CT molecular complexity index is 200. The van der Waals surface area contributed by atoms with Crippen LogP contribution < -0.4 is 5.73 Å². The predicted octanol–water partition coefficient (Wildman–Crippen LogP) is 2.42. The standard InChI is InChI=1S/C13H25NO2/c1-2-3-8-12(14)13(15)9-4-6-11-7-5-10-16-11/h11-12H,2-10,14H2,1H3. The van der Waals surface area contributed by atoms with E-state index in [1.807, 2.05) is 0 Å². The highest BCUT2D eigenvalue weighted by molar-refractivity contribution is 5.83. The second-order valence-corrected chi connectivity index (χ2v) is 4.74. The molecule has 0 bridgehead atoms. The molecule has 0 aromatic rings. The summed E-state index contributed by atoms with van der Waals surface area (Å²) in [5, 5.41) is 0. The molecule has 3 heteroatoms. The van der Waals surface area contributed by atoms with Gasteiger partial charge in [-0.25, -0.2) is 0 Å². The lowest BCUT2D eigenvalue weighted by molar-refractivity contribution is -0.120. The lowest BCUT2D eigenvalue weighted by Crippen LogP contribution is -2.30. The van der Waals surface area contributed by atoms with Crippen molar-refractivity contribution >= 4 is 5.78 Å². The summed E-state index contributed by atoms with van der Waals surface area (Å²) in [6.45, 7) is 3.02. The second kappa shape index (κ2) is 7.80. The van der Waals surface area contributed by atoms with Crippen LogP contribution in [-0.2, 0) is 9.53 Å². The molecule has 0 amide bonds. The fourth-order valence-electron chi connectivity index (χ4n) is 2.15. The van der Waals surface area contributed by atoms with E-state index in [9.17, 15) is 4.79 Å². The smallest absolute Gasteiger partial charge is 0.149 e. The van der Waals surface area contributed by atoms with Crippen LogP contribution in [0.15, 0.2) is 0 Å². The Morgan fingerprint density at radius 1 is 1.50 bits per heavy atom. The first-order valence-corrected chi connectivity index (χ1v) is 6.64. The predicted molar refractivity (Wildman–Crippen MR) is 65.3 cm³/mol. The van der Waals surface area contributed by atoms with Crippen LogP contribution in [0.5, 0.6) is 0 Å². The van der Waals surface area contributed by atoms with Crippen LogP contribution in [0, 0.1) is 0 Å². The van der Waals surface area contributed by atoms with Crippen LogP contribution in [0.1, 0.15) is 58.3 Å². The Morgan fingerprint density at radius 3 is 2.94 bits per heavy atom. The van der Waals surface area contributed by atoms with Crippen LogP contribution in [0.25, 0.3) is 0 Å².